The van der Waals surface area contributed by atoms with Crippen molar-refractivity contribution in [1.82, 2.24) is 14.7 Å². The lowest BCUT2D eigenvalue weighted by molar-refractivity contribution is -0.141. The Balaban J connectivity index is 1.62. The molecule has 0 aromatic rings. The molecule has 0 aromatic heterocycles. The monoisotopic (exact) mass is 321 g/mol. The average molecular weight is 321 g/mol. The smallest absolute Gasteiger partial charge is 0.242 e. The van der Waals surface area contributed by atoms with Crippen LogP contribution in [0.2, 0.25) is 0 Å². The Labute approximate surface area is 140 Å². The van der Waals surface area contributed by atoms with Gasteiger partial charge in [0.2, 0.25) is 11.8 Å². The maximum atomic E-state index is 12.8. The van der Waals surface area contributed by atoms with E-state index in [0.29, 0.717) is 25.0 Å². The van der Waals surface area contributed by atoms with Crippen LogP contribution in [0, 0.1) is 0 Å². The van der Waals surface area contributed by atoms with Gasteiger partial charge in [-0.1, -0.05) is 13.3 Å². The van der Waals surface area contributed by atoms with Crippen molar-refractivity contribution in [1.29, 1.82) is 0 Å². The van der Waals surface area contributed by atoms with Crippen LogP contribution in [-0.2, 0) is 9.59 Å². The summed E-state index contributed by atoms with van der Waals surface area (Å²) in [6, 6.07) is 0.901. The van der Waals surface area contributed by atoms with Crippen molar-refractivity contribution in [3.8, 4) is 0 Å². The molecule has 0 N–H and O–H groups in total. The SMILES string of the molecule is CCN1CCC[C@H]1[C@@H]1CCCN1C(=O)CN1CCCCCC1=O. The summed E-state index contributed by atoms with van der Waals surface area (Å²) in [6.45, 7) is 6.40. The van der Waals surface area contributed by atoms with Gasteiger partial charge in [0, 0.05) is 31.6 Å². The van der Waals surface area contributed by atoms with Crippen LogP contribution in [0.1, 0.15) is 58.3 Å². The highest BCUT2D eigenvalue weighted by Gasteiger charge is 2.39. The van der Waals surface area contributed by atoms with Crippen LogP contribution >= 0.6 is 0 Å². The maximum absolute atomic E-state index is 12.8. The van der Waals surface area contributed by atoms with E-state index >= 15 is 0 Å². The largest absolute Gasteiger partial charge is 0.337 e. The molecule has 0 saturated carbocycles. The number of likely N-dealkylation sites (tertiary alicyclic amines) is 3. The molecule has 0 unspecified atom stereocenters. The molecule has 5 heteroatoms. The zero-order chi connectivity index (χ0) is 16.2. The maximum Gasteiger partial charge on any atom is 0.242 e. The first-order chi connectivity index (χ1) is 11.2. The number of likely N-dealkylation sites (N-methyl/N-ethyl adjacent to an activating group) is 1. The molecule has 2 atom stereocenters. The summed E-state index contributed by atoms with van der Waals surface area (Å²) in [6.07, 6.45) is 8.43. The first-order valence-corrected chi connectivity index (χ1v) is 9.52. The normalized spacial score (nSPS) is 30.0. The van der Waals surface area contributed by atoms with Crippen molar-refractivity contribution >= 4 is 11.8 Å². The Morgan fingerprint density at radius 3 is 2.61 bits per heavy atom. The standard InChI is InChI=1S/C18H31N3O2/c1-2-19-12-6-8-15(19)16-9-7-13-21(16)18(23)14-20-11-5-3-4-10-17(20)22/h15-16H,2-14H2,1H3/t15-,16-/m0/s1. The molecule has 3 saturated heterocycles. The van der Waals surface area contributed by atoms with Crippen molar-refractivity contribution in [2.45, 2.75) is 70.4 Å². The summed E-state index contributed by atoms with van der Waals surface area (Å²) in [5.41, 5.74) is 0. The summed E-state index contributed by atoms with van der Waals surface area (Å²) in [7, 11) is 0. The Hall–Kier alpha value is -1.10. The molecule has 130 valence electrons. The van der Waals surface area contributed by atoms with Gasteiger partial charge in [0.05, 0.1) is 6.54 Å². The molecule has 0 aliphatic carbocycles. The first kappa shape index (κ1) is 16.7. The Morgan fingerprint density at radius 1 is 1.00 bits per heavy atom. The molecule has 0 spiro atoms. The summed E-state index contributed by atoms with van der Waals surface area (Å²) in [4.78, 5) is 31.4. The minimum Gasteiger partial charge on any atom is -0.337 e. The van der Waals surface area contributed by atoms with Crippen molar-refractivity contribution in [2.75, 3.05) is 32.7 Å². The van der Waals surface area contributed by atoms with E-state index in [1.807, 2.05) is 0 Å². The molecular weight excluding hydrogens is 290 g/mol. The van der Waals surface area contributed by atoms with Crippen LogP contribution in [-0.4, -0.2) is 71.3 Å². The van der Waals surface area contributed by atoms with Crippen LogP contribution in [0.15, 0.2) is 0 Å². The van der Waals surface area contributed by atoms with Gasteiger partial charge < -0.3 is 9.80 Å². The average Bonchev–Trinajstić information content (AvgIpc) is 3.16. The molecule has 3 aliphatic rings. The molecule has 3 rings (SSSR count). The summed E-state index contributed by atoms with van der Waals surface area (Å²) in [5.74, 6) is 0.341. The predicted molar refractivity (Wildman–Crippen MR) is 90.1 cm³/mol. The van der Waals surface area contributed by atoms with E-state index in [2.05, 4.69) is 16.7 Å². The van der Waals surface area contributed by atoms with Gasteiger partial charge in [-0.15, -0.1) is 0 Å². The molecule has 3 aliphatic heterocycles. The van der Waals surface area contributed by atoms with Gasteiger partial charge in [-0.25, -0.2) is 0 Å². The Kier molecular flexibility index (Phi) is 5.57. The van der Waals surface area contributed by atoms with Gasteiger partial charge in [-0.05, 0) is 51.6 Å². The highest BCUT2D eigenvalue weighted by molar-refractivity contribution is 5.85. The van der Waals surface area contributed by atoms with Gasteiger partial charge in [0.15, 0.2) is 0 Å². The van der Waals surface area contributed by atoms with Crippen molar-refractivity contribution in [2.24, 2.45) is 0 Å². The third-order valence-corrected chi connectivity index (χ3v) is 5.88. The molecule has 2 amide bonds. The molecule has 5 nitrogen and oxygen atoms in total. The van der Waals surface area contributed by atoms with Gasteiger partial charge in [-0.3, -0.25) is 14.5 Å². The van der Waals surface area contributed by atoms with Crippen LogP contribution in [0.3, 0.4) is 0 Å². The first-order valence-electron chi connectivity index (χ1n) is 9.52. The molecular formula is C18H31N3O2. The molecule has 0 radical (unpaired) electrons. The van der Waals surface area contributed by atoms with Gasteiger partial charge in [0.1, 0.15) is 0 Å². The fourth-order valence-corrected chi connectivity index (χ4v) is 4.64. The highest BCUT2D eigenvalue weighted by Crippen LogP contribution is 2.30. The third kappa shape index (κ3) is 3.70. The predicted octanol–water partition coefficient (Wildman–Crippen LogP) is 1.86. The van der Waals surface area contributed by atoms with Crippen molar-refractivity contribution in [3.63, 3.8) is 0 Å². The number of hydrogen-bond acceptors (Lipinski definition) is 3. The minimum atomic E-state index is 0.169. The number of amides is 2. The minimum absolute atomic E-state index is 0.169. The number of carbonyl (C=O) groups excluding carboxylic acids is 2. The lowest BCUT2D eigenvalue weighted by Gasteiger charge is -2.35. The van der Waals surface area contributed by atoms with E-state index in [0.717, 1.165) is 51.7 Å². The molecule has 23 heavy (non-hydrogen) atoms. The van der Waals surface area contributed by atoms with E-state index in [9.17, 15) is 9.59 Å². The molecule has 3 fully saturated rings. The van der Waals surface area contributed by atoms with Crippen molar-refractivity contribution in [3.05, 3.63) is 0 Å². The zero-order valence-corrected chi connectivity index (χ0v) is 14.5. The second-order valence-electron chi connectivity index (χ2n) is 7.26. The number of nitrogens with zero attached hydrogens (tertiary/aromatic N) is 3. The quantitative estimate of drug-likeness (QED) is 0.794. The number of hydrogen-bond donors (Lipinski definition) is 0. The van der Waals surface area contributed by atoms with E-state index in [-0.39, 0.29) is 11.8 Å². The van der Waals surface area contributed by atoms with E-state index in [1.165, 1.54) is 19.4 Å². The molecule has 3 heterocycles. The van der Waals surface area contributed by atoms with Crippen molar-refractivity contribution < 1.29 is 9.59 Å². The Morgan fingerprint density at radius 2 is 1.78 bits per heavy atom. The van der Waals surface area contributed by atoms with Crippen LogP contribution in [0.5, 0.6) is 0 Å². The summed E-state index contributed by atoms with van der Waals surface area (Å²) >= 11 is 0. The van der Waals surface area contributed by atoms with E-state index in [4.69, 9.17) is 0 Å². The van der Waals surface area contributed by atoms with Gasteiger partial charge in [-0.2, -0.15) is 0 Å². The number of rotatable bonds is 4. The van der Waals surface area contributed by atoms with E-state index in [1.54, 1.807) is 4.90 Å². The zero-order valence-electron chi connectivity index (χ0n) is 14.5. The Bertz CT molecular complexity index is 440. The summed E-state index contributed by atoms with van der Waals surface area (Å²) in [5, 5.41) is 0. The molecule has 0 bridgehead atoms. The highest BCUT2D eigenvalue weighted by atomic mass is 16.2. The summed E-state index contributed by atoms with van der Waals surface area (Å²) < 4.78 is 0. The lowest BCUT2D eigenvalue weighted by Crippen LogP contribution is -2.51. The van der Waals surface area contributed by atoms with Crippen LogP contribution < -0.4 is 0 Å². The lowest BCUT2D eigenvalue weighted by atomic mass is 10.0. The van der Waals surface area contributed by atoms with Crippen LogP contribution in [0.4, 0.5) is 0 Å². The topological polar surface area (TPSA) is 43.9 Å². The van der Waals surface area contributed by atoms with Gasteiger partial charge in [0.25, 0.3) is 0 Å². The van der Waals surface area contributed by atoms with Gasteiger partial charge >= 0.3 is 0 Å². The fraction of sp³-hybridized carbons (Fsp3) is 0.889. The third-order valence-electron chi connectivity index (χ3n) is 5.88. The second kappa shape index (κ2) is 7.65. The fourth-order valence-electron chi connectivity index (χ4n) is 4.64. The second-order valence-corrected chi connectivity index (χ2v) is 7.26. The number of carbonyl (C=O) groups is 2. The van der Waals surface area contributed by atoms with E-state index < -0.39 is 0 Å². The molecule has 0 aromatic carbocycles. The van der Waals surface area contributed by atoms with Crippen LogP contribution in [0.25, 0.3) is 0 Å².